The van der Waals surface area contributed by atoms with E-state index in [1.807, 2.05) is 64.5 Å². The Morgan fingerprint density at radius 2 is 1.90 bits per heavy atom. The smallest absolute Gasteiger partial charge is 0.253 e. The van der Waals surface area contributed by atoms with Crippen LogP contribution < -0.4 is 10.2 Å². The highest BCUT2D eigenvalue weighted by Crippen LogP contribution is 2.30. The summed E-state index contributed by atoms with van der Waals surface area (Å²) < 4.78 is 6.11. The number of carbonyl (C=O) groups is 2. The number of hydrogen-bond donors (Lipinski definition) is 2. The summed E-state index contributed by atoms with van der Waals surface area (Å²) in [5.74, 6) is 0.626. The number of benzene rings is 2. The average molecular weight is 527 g/mol. The van der Waals surface area contributed by atoms with Crippen LogP contribution in [0.15, 0.2) is 73.2 Å². The molecule has 1 saturated heterocycles. The number of H-pyrrole nitrogens is 1. The van der Waals surface area contributed by atoms with Gasteiger partial charge < -0.3 is 24.8 Å². The van der Waals surface area contributed by atoms with E-state index in [9.17, 15) is 9.59 Å². The molecule has 0 spiro atoms. The fourth-order valence-electron chi connectivity index (χ4n) is 4.98. The van der Waals surface area contributed by atoms with Gasteiger partial charge in [-0.1, -0.05) is 36.4 Å². The minimum absolute atomic E-state index is 0.0101. The molecular weight excluding hydrogens is 492 g/mol. The van der Waals surface area contributed by atoms with Gasteiger partial charge in [0.1, 0.15) is 17.8 Å². The molecule has 2 aromatic heterocycles. The average Bonchev–Trinajstić information content (AvgIpc) is 3.45. The molecule has 2 amide bonds. The van der Waals surface area contributed by atoms with Gasteiger partial charge in [-0.15, -0.1) is 0 Å². The topological polar surface area (TPSA) is 103 Å². The lowest BCUT2D eigenvalue weighted by atomic mass is 10.1. The Labute approximate surface area is 228 Å². The Kier molecular flexibility index (Phi) is 8.48. The van der Waals surface area contributed by atoms with E-state index in [-0.39, 0.29) is 17.9 Å². The maximum atomic E-state index is 13.5. The van der Waals surface area contributed by atoms with Gasteiger partial charge in [0.15, 0.2) is 0 Å². The van der Waals surface area contributed by atoms with Gasteiger partial charge in [0.05, 0.1) is 18.1 Å². The first-order valence-electron chi connectivity index (χ1n) is 13.4. The maximum absolute atomic E-state index is 13.5. The number of hydrogen-bond acceptors (Lipinski definition) is 6. The number of rotatable bonds is 10. The fourth-order valence-corrected chi connectivity index (χ4v) is 4.98. The second-order valence-electron chi connectivity index (χ2n) is 9.72. The van der Waals surface area contributed by atoms with Gasteiger partial charge in [-0.25, -0.2) is 9.97 Å². The highest BCUT2D eigenvalue weighted by atomic mass is 16.5. The Morgan fingerprint density at radius 1 is 1.08 bits per heavy atom. The van der Waals surface area contributed by atoms with E-state index >= 15 is 0 Å². The van der Waals surface area contributed by atoms with E-state index in [1.54, 1.807) is 0 Å². The first-order chi connectivity index (χ1) is 19.1. The molecule has 0 radical (unpaired) electrons. The standard InChI is InChI=1S/C30H34N6O3/c1-22(37)31-15-18-36(29-27-10-14-32-28(27)33-21-34-29)25-9-5-8-24(20-25)30(38)35-16-11-26(12-17-35)39-19-13-23-6-3-2-4-7-23/h2-10,14,20-21,26H,11-13,15-19H2,1H3,(H,31,37)(H,32,33,34). The molecule has 1 fully saturated rings. The zero-order valence-electron chi connectivity index (χ0n) is 22.2. The molecule has 39 heavy (non-hydrogen) atoms. The summed E-state index contributed by atoms with van der Waals surface area (Å²) in [5.41, 5.74) is 3.45. The molecule has 202 valence electrons. The molecule has 5 rings (SSSR count). The van der Waals surface area contributed by atoms with Gasteiger partial charge in [0.2, 0.25) is 5.91 Å². The van der Waals surface area contributed by atoms with E-state index in [2.05, 4.69) is 32.4 Å². The van der Waals surface area contributed by atoms with Crippen molar-refractivity contribution in [3.05, 3.63) is 84.3 Å². The normalized spacial score (nSPS) is 13.9. The number of aromatic nitrogens is 3. The number of anilines is 2. The first-order valence-corrected chi connectivity index (χ1v) is 13.4. The number of amides is 2. The second-order valence-corrected chi connectivity index (χ2v) is 9.72. The zero-order valence-corrected chi connectivity index (χ0v) is 22.2. The summed E-state index contributed by atoms with van der Waals surface area (Å²) in [7, 11) is 0. The van der Waals surface area contributed by atoms with Gasteiger partial charge in [0.25, 0.3) is 5.91 Å². The van der Waals surface area contributed by atoms with Crippen molar-refractivity contribution in [2.75, 3.05) is 37.7 Å². The Balaban J connectivity index is 1.25. The monoisotopic (exact) mass is 526 g/mol. The predicted molar refractivity (Wildman–Crippen MR) is 151 cm³/mol. The van der Waals surface area contributed by atoms with E-state index in [0.29, 0.717) is 44.2 Å². The number of nitrogens with zero attached hydrogens (tertiary/aromatic N) is 4. The molecule has 4 aromatic rings. The van der Waals surface area contributed by atoms with Crippen LogP contribution in [0.5, 0.6) is 0 Å². The van der Waals surface area contributed by atoms with Crippen molar-refractivity contribution in [1.29, 1.82) is 0 Å². The molecule has 0 bridgehead atoms. The summed E-state index contributed by atoms with van der Waals surface area (Å²) in [6, 6.07) is 19.9. The van der Waals surface area contributed by atoms with Crippen molar-refractivity contribution >= 4 is 34.4 Å². The van der Waals surface area contributed by atoms with Gasteiger partial charge in [-0.3, -0.25) is 9.59 Å². The molecule has 3 heterocycles. The molecule has 9 nitrogen and oxygen atoms in total. The van der Waals surface area contributed by atoms with Gasteiger partial charge in [-0.05, 0) is 49.1 Å². The molecule has 9 heteroatoms. The molecule has 1 aliphatic heterocycles. The van der Waals surface area contributed by atoms with Crippen LogP contribution >= 0.6 is 0 Å². The molecule has 1 aliphatic rings. The molecular formula is C30H34N6O3. The lowest BCUT2D eigenvalue weighted by Crippen LogP contribution is -2.41. The zero-order chi connectivity index (χ0) is 27.0. The lowest BCUT2D eigenvalue weighted by Gasteiger charge is -2.32. The number of carbonyl (C=O) groups excluding carboxylic acids is 2. The lowest BCUT2D eigenvalue weighted by molar-refractivity contribution is -0.118. The minimum atomic E-state index is -0.0965. The molecule has 2 N–H and O–H groups in total. The van der Waals surface area contributed by atoms with E-state index < -0.39 is 0 Å². The van der Waals surface area contributed by atoms with Gasteiger partial charge in [0, 0.05) is 50.6 Å². The molecule has 0 unspecified atom stereocenters. The highest BCUT2D eigenvalue weighted by Gasteiger charge is 2.25. The number of likely N-dealkylation sites (tertiary alicyclic amines) is 1. The quantitative estimate of drug-likeness (QED) is 0.323. The fraction of sp³-hybridized carbons (Fsp3) is 0.333. The van der Waals surface area contributed by atoms with Crippen LogP contribution in [0.1, 0.15) is 35.7 Å². The van der Waals surface area contributed by atoms with Crippen LogP contribution in [0, 0.1) is 0 Å². The van der Waals surface area contributed by atoms with Crippen LogP contribution in [-0.4, -0.2) is 70.6 Å². The minimum Gasteiger partial charge on any atom is -0.378 e. The number of aromatic amines is 1. The van der Waals surface area contributed by atoms with Crippen LogP contribution in [0.3, 0.4) is 0 Å². The largest absolute Gasteiger partial charge is 0.378 e. The first kappa shape index (κ1) is 26.4. The second kappa shape index (κ2) is 12.5. The van der Waals surface area contributed by atoms with E-state index in [0.717, 1.165) is 36.0 Å². The molecule has 0 saturated carbocycles. The third kappa shape index (κ3) is 6.61. The third-order valence-corrected chi connectivity index (χ3v) is 7.02. The van der Waals surface area contributed by atoms with Crippen LogP contribution in [0.4, 0.5) is 11.5 Å². The Morgan fingerprint density at radius 3 is 2.69 bits per heavy atom. The summed E-state index contributed by atoms with van der Waals surface area (Å²) in [6.45, 7) is 4.44. The number of nitrogens with one attached hydrogen (secondary N) is 2. The highest BCUT2D eigenvalue weighted by molar-refractivity contribution is 5.96. The van der Waals surface area contributed by atoms with Crippen LogP contribution in [0.2, 0.25) is 0 Å². The van der Waals surface area contributed by atoms with Crippen molar-refractivity contribution in [3.63, 3.8) is 0 Å². The van der Waals surface area contributed by atoms with Crippen molar-refractivity contribution in [2.24, 2.45) is 0 Å². The summed E-state index contributed by atoms with van der Waals surface area (Å²) >= 11 is 0. The van der Waals surface area contributed by atoms with Gasteiger partial charge in [-0.2, -0.15) is 0 Å². The Hall–Kier alpha value is -4.24. The van der Waals surface area contributed by atoms with E-state index in [1.165, 1.54) is 18.8 Å². The summed E-state index contributed by atoms with van der Waals surface area (Å²) in [6.07, 6.45) is 6.07. The molecule has 2 aromatic carbocycles. The Bertz CT molecular complexity index is 1400. The third-order valence-electron chi connectivity index (χ3n) is 7.02. The summed E-state index contributed by atoms with van der Waals surface area (Å²) in [5, 5.41) is 3.72. The van der Waals surface area contributed by atoms with Crippen LogP contribution in [0.25, 0.3) is 11.0 Å². The SMILES string of the molecule is CC(=O)NCCN(c1cccc(C(=O)N2CCC(OCCc3ccccc3)CC2)c1)c1ncnc2[nH]ccc12. The van der Waals surface area contributed by atoms with Crippen molar-refractivity contribution in [1.82, 2.24) is 25.2 Å². The number of fused-ring (bicyclic) bond motifs is 1. The number of ether oxygens (including phenoxy) is 1. The van der Waals surface area contributed by atoms with Crippen LogP contribution in [-0.2, 0) is 16.0 Å². The molecule has 0 aliphatic carbocycles. The van der Waals surface area contributed by atoms with Crippen molar-refractivity contribution < 1.29 is 14.3 Å². The van der Waals surface area contributed by atoms with Crippen molar-refractivity contribution in [3.8, 4) is 0 Å². The molecule has 0 atom stereocenters. The van der Waals surface area contributed by atoms with Gasteiger partial charge >= 0.3 is 0 Å². The summed E-state index contributed by atoms with van der Waals surface area (Å²) in [4.78, 5) is 40.9. The predicted octanol–water partition coefficient (Wildman–Crippen LogP) is 4.10. The van der Waals surface area contributed by atoms with Crippen molar-refractivity contribution in [2.45, 2.75) is 32.3 Å². The maximum Gasteiger partial charge on any atom is 0.253 e. The van der Waals surface area contributed by atoms with E-state index in [4.69, 9.17) is 4.74 Å². The number of piperidine rings is 1.